The maximum atomic E-state index is 14.7. The summed E-state index contributed by atoms with van der Waals surface area (Å²) in [5.74, 6) is 0.948. The lowest BCUT2D eigenvalue weighted by Gasteiger charge is -2.18. The summed E-state index contributed by atoms with van der Waals surface area (Å²) < 4.78 is 25.0. The smallest absolute Gasteiger partial charge is 0.228 e. The van der Waals surface area contributed by atoms with Crippen LogP contribution in [0.25, 0.3) is 22.3 Å². The number of fused-ring (bicyclic) bond motifs is 1. The molecule has 4 heterocycles. The van der Waals surface area contributed by atoms with Crippen LogP contribution in [0.15, 0.2) is 73.3 Å². The van der Waals surface area contributed by atoms with Gasteiger partial charge in [0.1, 0.15) is 17.4 Å². The van der Waals surface area contributed by atoms with Crippen LogP contribution in [-0.4, -0.2) is 51.6 Å². The average Bonchev–Trinajstić information content (AvgIpc) is 3.65. The van der Waals surface area contributed by atoms with Crippen LogP contribution in [0.3, 0.4) is 0 Å². The maximum absolute atomic E-state index is 14.7. The lowest BCUT2D eigenvalue weighted by atomic mass is 10.0. The lowest BCUT2D eigenvalue weighted by Crippen LogP contribution is -2.14. The topological polar surface area (TPSA) is 113 Å². The van der Waals surface area contributed by atoms with Gasteiger partial charge in [-0.25, -0.2) is 19.0 Å². The number of benzene rings is 2. The monoisotopic (exact) mass is 510 g/mol. The fourth-order valence-electron chi connectivity index (χ4n) is 4.39. The molecule has 0 fully saturated rings. The Morgan fingerprint density at radius 1 is 0.974 bits per heavy atom. The van der Waals surface area contributed by atoms with E-state index in [0.717, 1.165) is 28.2 Å². The van der Waals surface area contributed by atoms with Gasteiger partial charge < -0.3 is 10.1 Å². The van der Waals surface area contributed by atoms with Gasteiger partial charge in [-0.15, -0.1) is 5.10 Å². The molecule has 0 saturated carbocycles. The first kappa shape index (κ1) is 23.3. The second-order valence-electron chi connectivity index (χ2n) is 8.71. The molecule has 2 aromatic carbocycles. The third-order valence-electron chi connectivity index (χ3n) is 6.26. The van der Waals surface area contributed by atoms with Crippen LogP contribution in [0.1, 0.15) is 17.2 Å². The summed E-state index contributed by atoms with van der Waals surface area (Å²) in [5, 5.41) is 20.5. The third kappa shape index (κ3) is 4.21. The minimum absolute atomic E-state index is 0.175. The predicted octanol–water partition coefficient (Wildman–Crippen LogP) is 3.88. The van der Waals surface area contributed by atoms with Crippen molar-refractivity contribution in [3.63, 3.8) is 0 Å². The summed E-state index contributed by atoms with van der Waals surface area (Å²) in [6, 6.07) is 13.9. The molecule has 0 bridgehead atoms. The lowest BCUT2D eigenvalue weighted by molar-refractivity contribution is 0.385. The zero-order chi connectivity index (χ0) is 26.2. The molecule has 38 heavy (non-hydrogen) atoms. The fourth-order valence-corrected chi connectivity index (χ4v) is 4.39. The largest absolute Gasteiger partial charge is 0.494 e. The zero-order valence-electron chi connectivity index (χ0n) is 20.8. The summed E-state index contributed by atoms with van der Waals surface area (Å²) in [6.45, 7) is 0. The van der Waals surface area contributed by atoms with Crippen molar-refractivity contribution >= 4 is 22.8 Å². The molecular weight excluding hydrogens is 487 g/mol. The molecule has 0 spiro atoms. The first-order chi connectivity index (χ1) is 18.5. The fraction of sp³-hybridized carbons (Fsp3) is 0.154. The highest BCUT2D eigenvalue weighted by atomic mass is 19.1. The van der Waals surface area contributed by atoms with Gasteiger partial charge in [0, 0.05) is 43.7 Å². The van der Waals surface area contributed by atoms with E-state index in [2.05, 4.69) is 35.8 Å². The zero-order valence-corrected chi connectivity index (χ0v) is 20.8. The Bertz CT molecular complexity index is 1750. The molecule has 12 heteroatoms. The van der Waals surface area contributed by atoms with Gasteiger partial charge in [-0.05, 0) is 35.9 Å². The van der Waals surface area contributed by atoms with Crippen LogP contribution in [0.4, 0.5) is 16.2 Å². The SMILES string of the molecule is COc1ccc([C@H](c2cnn(C)c2)n2nnc3cc(-c4ccnc(Nc5ccnn5C)n4)ccc32)cc1F. The van der Waals surface area contributed by atoms with Crippen LogP contribution in [-0.2, 0) is 14.1 Å². The highest BCUT2D eigenvalue weighted by Gasteiger charge is 2.23. The van der Waals surface area contributed by atoms with Crippen LogP contribution in [0, 0.1) is 5.82 Å². The number of ether oxygens (including phenoxy) is 1. The molecule has 4 aromatic heterocycles. The van der Waals surface area contributed by atoms with Gasteiger partial charge in [0.15, 0.2) is 11.6 Å². The second kappa shape index (κ2) is 9.39. The van der Waals surface area contributed by atoms with E-state index in [1.54, 1.807) is 38.7 Å². The Kier molecular flexibility index (Phi) is 5.75. The van der Waals surface area contributed by atoms with E-state index in [1.165, 1.54) is 13.2 Å². The molecule has 6 aromatic rings. The normalized spacial score (nSPS) is 12.1. The Balaban J connectivity index is 1.39. The standard InChI is InChI=1S/C26H23FN10O/c1-35-15-18(14-30-35)25(17-5-7-23(38-3)19(27)12-17)37-22-6-4-16(13-21(22)33-34-37)20-8-10-28-26(31-20)32-24-9-11-29-36(24)2/h4-15,25H,1-3H3,(H,28,31,32)/t25-/m1/s1. The Morgan fingerprint density at radius 3 is 2.61 bits per heavy atom. The number of methoxy groups -OCH3 is 1. The molecule has 0 aliphatic heterocycles. The molecule has 1 atom stereocenters. The number of hydrogen-bond donors (Lipinski definition) is 1. The van der Waals surface area contributed by atoms with Crippen molar-refractivity contribution in [3.8, 4) is 17.0 Å². The molecular formula is C26H23FN10O. The number of hydrogen-bond acceptors (Lipinski definition) is 8. The molecule has 0 radical (unpaired) electrons. The van der Waals surface area contributed by atoms with Crippen LogP contribution < -0.4 is 10.1 Å². The minimum Gasteiger partial charge on any atom is -0.494 e. The molecule has 0 saturated heterocycles. The van der Waals surface area contributed by atoms with Crippen molar-refractivity contribution in [3.05, 3.63) is 90.3 Å². The van der Waals surface area contributed by atoms with Gasteiger partial charge in [-0.1, -0.05) is 17.3 Å². The van der Waals surface area contributed by atoms with Gasteiger partial charge in [0.2, 0.25) is 5.95 Å². The Labute approximate surface area is 216 Å². The van der Waals surface area contributed by atoms with Crippen molar-refractivity contribution in [2.45, 2.75) is 6.04 Å². The molecule has 0 aliphatic rings. The van der Waals surface area contributed by atoms with Gasteiger partial charge in [-0.3, -0.25) is 9.36 Å². The number of halogens is 1. The van der Waals surface area contributed by atoms with Crippen LogP contribution >= 0.6 is 0 Å². The van der Waals surface area contributed by atoms with E-state index in [9.17, 15) is 4.39 Å². The van der Waals surface area contributed by atoms with Crippen LogP contribution in [0.5, 0.6) is 5.75 Å². The Morgan fingerprint density at radius 2 is 1.87 bits per heavy atom. The van der Waals surface area contributed by atoms with Crippen molar-refractivity contribution in [2.75, 3.05) is 12.4 Å². The highest BCUT2D eigenvalue weighted by molar-refractivity contribution is 5.81. The number of nitrogens with one attached hydrogen (secondary N) is 1. The molecule has 1 N–H and O–H groups in total. The molecule has 11 nitrogen and oxygen atoms in total. The number of aromatic nitrogens is 9. The van der Waals surface area contributed by atoms with Gasteiger partial charge >= 0.3 is 0 Å². The summed E-state index contributed by atoms with van der Waals surface area (Å²) in [4.78, 5) is 8.96. The number of aryl methyl sites for hydroxylation is 2. The number of nitrogens with zero attached hydrogens (tertiary/aromatic N) is 9. The van der Waals surface area contributed by atoms with Crippen molar-refractivity contribution in [1.29, 1.82) is 0 Å². The summed E-state index contributed by atoms with van der Waals surface area (Å²) in [6.07, 6.45) is 7.01. The van der Waals surface area contributed by atoms with E-state index in [0.29, 0.717) is 17.0 Å². The predicted molar refractivity (Wildman–Crippen MR) is 138 cm³/mol. The second-order valence-corrected chi connectivity index (χ2v) is 8.71. The molecule has 0 aliphatic carbocycles. The van der Waals surface area contributed by atoms with Crippen molar-refractivity contribution in [2.24, 2.45) is 14.1 Å². The summed E-state index contributed by atoms with van der Waals surface area (Å²) in [5.41, 5.74) is 4.56. The highest BCUT2D eigenvalue weighted by Crippen LogP contribution is 2.32. The van der Waals surface area contributed by atoms with E-state index in [4.69, 9.17) is 4.74 Å². The summed E-state index contributed by atoms with van der Waals surface area (Å²) >= 11 is 0. The molecule has 0 amide bonds. The van der Waals surface area contributed by atoms with Gasteiger partial charge in [-0.2, -0.15) is 10.2 Å². The first-order valence-corrected chi connectivity index (χ1v) is 11.8. The first-order valence-electron chi connectivity index (χ1n) is 11.8. The molecule has 0 unspecified atom stereocenters. The number of anilines is 2. The molecule has 190 valence electrons. The van der Waals surface area contributed by atoms with Gasteiger partial charge in [0.25, 0.3) is 0 Å². The third-order valence-corrected chi connectivity index (χ3v) is 6.26. The van der Waals surface area contributed by atoms with E-state index < -0.39 is 11.9 Å². The van der Waals surface area contributed by atoms with E-state index in [1.807, 2.05) is 56.7 Å². The number of rotatable bonds is 7. The molecule has 6 rings (SSSR count). The van der Waals surface area contributed by atoms with Crippen molar-refractivity contribution in [1.82, 2.24) is 44.5 Å². The minimum atomic E-state index is -0.454. The van der Waals surface area contributed by atoms with Crippen molar-refractivity contribution < 1.29 is 9.13 Å². The summed E-state index contributed by atoms with van der Waals surface area (Å²) in [7, 11) is 5.11. The average molecular weight is 511 g/mol. The van der Waals surface area contributed by atoms with E-state index >= 15 is 0 Å². The Hall–Kier alpha value is -5.13. The quantitative estimate of drug-likeness (QED) is 0.344. The van der Waals surface area contributed by atoms with E-state index in [-0.39, 0.29) is 5.75 Å². The van der Waals surface area contributed by atoms with Gasteiger partial charge in [0.05, 0.1) is 30.7 Å². The van der Waals surface area contributed by atoms with Crippen LogP contribution in [0.2, 0.25) is 0 Å². The maximum Gasteiger partial charge on any atom is 0.228 e.